The Labute approximate surface area is 207 Å². The number of carbonyl (C=O) groups is 3. The molecule has 188 valence electrons. The van der Waals surface area contributed by atoms with E-state index in [1.54, 1.807) is 4.90 Å². The van der Waals surface area contributed by atoms with Crippen molar-refractivity contribution in [3.63, 3.8) is 0 Å². The molecule has 7 heteroatoms. The minimum atomic E-state index is -0.936. The maximum Gasteiger partial charge on any atom is 0.407 e. The zero-order valence-corrected chi connectivity index (χ0v) is 20.9. The first-order valence-corrected chi connectivity index (χ1v) is 12.5. The van der Waals surface area contributed by atoms with E-state index in [1.807, 2.05) is 45.0 Å². The van der Waals surface area contributed by atoms with Crippen LogP contribution in [0.15, 0.2) is 48.5 Å². The molecule has 0 unspecified atom stereocenters. The summed E-state index contributed by atoms with van der Waals surface area (Å²) in [4.78, 5) is 38.8. The number of nitrogens with one attached hydrogen (secondary N) is 1. The molecule has 7 nitrogen and oxygen atoms in total. The SMILES string of the molecule is CCCN(CCC(=O)O)C(=O)C(CC)(CC)CNC(=O)OCC1c2ccccc2-c2ccccc21. The maximum atomic E-state index is 13.4. The van der Waals surface area contributed by atoms with Crippen molar-refractivity contribution in [3.8, 4) is 11.1 Å². The molecule has 1 aliphatic carbocycles. The summed E-state index contributed by atoms with van der Waals surface area (Å²) < 4.78 is 5.64. The van der Waals surface area contributed by atoms with E-state index >= 15 is 0 Å². The van der Waals surface area contributed by atoms with E-state index in [2.05, 4.69) is 29.6 Å². The van der Waals surface area contributed by atoms with Crippen LogP contribution in [0.3, 0.4) is 0 Å². The molecule has 0 saturated carbocycles. The first-order valence-electron chi connectivity index (χ1n) is 12.5. The summed E-state index contributed by atoms with van der Waals surface area (Å²) in [7, 11) is 0. The third kappa shape index (κ3) is 5.84. The minimum absolute atomic E-state index is 0.0343. The molecule has 35 heavy (non-hydrogen) atoms. The quantitative estimate of drug-likeness (QED) is 0.443. The normalized spacial score (nSPS) is 12.5. The van der Waals surface area contributed by atoms with Gasteiger partial charge in [-0.05, 0) is 41.5 Å². The van der Waals surface area contributed by atoms with Crippen molar-refractivity contribution in [1.82, 2.24) is 10.2 Å². The van der Waals surface area contributed by atoms with Crippen molar-refractivity contribution in [3.05, 3.63) is 59.7 Å². The van der Waals surface area contributed by atoms with Gasteiger partial charge in [-0.15, -0.1) is 0 Å². The predicted molar refractivity (Wildman–Crippen MR) is 135 cm³/mol. The van der Waals surface area contributed by atoms with Crippen molar-refractivity contribution in [2.24, 2.45) is 5.41 Å². The monoisotopic (exact) mass is 480 g/mol. The summed E-state index contributed by atoms with van der Waals surface area (Å²) in [6, 6.07) is 16.3. The Kier molecular flexibility index (Phi) is 8.90. The molecule has 0 radical (unpaired) electrons. The van der Waals surface area contributed by atoms with Gasteiger partial charge in [0.25, 0.3) is 0 Å². The highest BCUT2D eigenvalue weighted by molar-refractivity contribution is 5.84. The molecule has 0 bridgehead atoms. The molecule has 0 fully saturated rings. The van der Waals surface area contributed by atoms with Gasteiger partial charge in [0, 0.05) is 25.6 Å². The van der Waals surface area contributed by atoms with Gasteiger partial charge in [0.15, 0.2) is 0 Å². The first-order chi connectivity index (χ1) is 16.9. The molecule has 0 atom stereocenters. The van der Waals surface area contributed by atoms with Crippen LogP contribution in [0.4, 0.5) is 4.79 Å². The number of ether oxygens (including phenoxy) is 1. The Balaban J connectivity index is 1.65. The van der Waals surface area contributed by atoms with Crippen LogP contribution in [-0.2, 0) is 14.3 Å². The van der Waals surface area contributed by atoms with Gasteiger partial charge in [-0.2, -0.15) is 0 Å². The average Bonchev–Trinajstić information content (AvgIpc) is 3.19. The summed E-state index contributed by atoms with van der Waals surface area (Å²) in [5.74, 6) is -1.09. The molecule has 0 aliphatic heterocycles. The second-order valence-corrected chi connectivity index (χ2v) is 9.10. The molecule has 0 spiro atoms. The van der Waals surface area contributed by atoms with Crippen LogP contribution < -0.4 is 5.32 Å². The van der Waals surface area contributed by atoms with Crippen molar-refractivity contribution >= 4 is 18.0 Å². The zero-order valence-electron chi connectivity index (χ0n) is 20.9. The predicted octanol–water partition coefficient (Wildman–Crippen LogP) is 5.04. The van der Waals surface area contributed by atoms with Crippen LogP contribution in [0, 0.1) is 5.41 Å². The molecule has 2 aromatic rings. The standard InChI is InChI=1S/C28H36N2O5/c1-4-16-30(17-15-25(31)32)26(33)28(5-2,6-3)19-29-27(34)35-18-24-22-13-9-7-11-20(22)21-12-8-10-14-23(21)24/h7-14,24H,4-6,15-19H2,1-3H3,(H,29,34)(H,31,32). The molecule has 0 aromatic heterocycles. The van der Waals surface area contributed by atoms with Gasteiger partial charge in [0.1, 0.15) is 6.61 Å². The summed E-state index contributed by atoms with van der Waals surface area (Å²) in [6.45, 7) is 6.79. The number of alkyl carbamates (subject to hydrolysis) is 1. The van der Waals surface area contributed by atoms with Gasteiger partial charge in [0.05, 0.1) is 11.8 Å². The Bertz CT molecular complexity index is 1000. The van der Waals surface area contributed by atoms with E-state index in [-0.39, 0.29) is 37.9 Å². The highest BCUT2D eigenvalue weighted by Crippen LogP contribution is 2.44. The first kappa shape index (κ1) is 26.3. The van der Waals surface area contributed by atoms with E-state index in [4.69, 9.17) is 9.84 Å². The van der Waals surface area contributed by atoms with E-state index in [0.29, 0.717) is 19.4 Å². The lowest BCUT2D eigenvalue weighted by molar-refractivity contribution is -0.144. The second-order valence-electron chi connectivity index (χ2n) is 9.10. The Morgan fingerprint density at radius 1 is 0.943 bits per heavy atom. The van der Waals surface area contributed by atoms with Crippen molar-refractivity contribution < 1.29 is 24.2 Å². The van der Waals surface area contributed by atoms with Gasteiger partial charge >= 0.3 is 12.1 Å². The fraction of sp³-hybridized carbons (Fsp3) is 0.464. The number of hydrogen-bond donors (Lipinski definition) is 2. The maximum absolute atomic E-state index is 13.4. The van der Waals surface area contributed by atoms with Crippen molar-refractivity contribution in [1.29, 1.82) is 0 Å². The fourth-order valence-corrected chi connectivity index (χ4v) is 4.92. The smallest absolute Gasteiger partial charge is 0.407 e. The number of rotatable bonds is 12. The number of hydrogen-bond acceptors (Lipinski definition) is 4. The van der Waals surface area contributed by atoms with E-state index in [1.165, 1.54) is 0 Å². The Hall–Kier alpha value is -3.35. The van der Waals surface area contributed by atoms with Crippen molar-refractivity contribution in [2.75, 3.05) is 26.2 Å². The number of nitrogens with zero attached hydrogens (tertiary/aromatic N) is 1. The highest BCUT2D eigenvalue weighted by Gasteiger charge is 2.38. The van der Waals surface area contributed by atoms with Gasteiger partial charge in [-0.3, -0.25) is 9.59 Å². The number of fused-ring (bicyclic) bond motifs is 3. The number of carboxylic acids is 1. The van der Waals surface area contributed by atoms with Gasteiger partial charge < -0.3 is 20.1 Å². The average molecular weight is 481 g/mol. The summed E-state index contributed by atoms with van der Waals surface area (Å²) in [5, 5.41) is 11.9. The van der Waals surface area contributed by atoms with Crippen LogP contribution in [0.25, 0.3) is 11.1 Å². The number of carbonyl (C=O) groups excluding carboxylic acids is 2. The molecule has 0 saturated heterocycles. The fourth-order valence-electron chi connectivity index (χ4n) is 4.92. The van der Waals surface area contributed by atoms with Crippen LogP contribution in [0.5, 0.6) is 0 Å². The number of carboxylic acid groups (broad SMARTS) is 1. The van der Waals surface area contributed by atoms with Gasteiger partial charge in [0.2, 0.25) is 5.91 Å². The topological polar surface area (TPSA) is 95.9 Å². The second kappa shape index (κ2) is 11.9. The number of aliphatic carboxylic acids is 1. The summed E-state index contributed by atoms with van der Waals surface area (Å²) in [5.41, 5.74) is 3.80. The molecular formula is C28H36N2O5. The lowest BCUT2D eigenvalue weighted by atomic mass is 9.80. The third-order valence-corrected chi connectivity index (χ3v) is 7.10. The Morgan fingerprint density at radius 3 is 2.03 bits per heavy atom. The molecule has 2 N–H and O–H groups in total. The van der Waals surface area contributed by atoms with Crippen LogP contribution in [0.1, 0.15) is 63.5 Å². The molecule has 0 heterocycles. The van der Waals surface area contributed by atoms with Gasteiger partial charge in [-0.25, -0.2) is 4.79 Å². The molecule has 2 amide bonds. The Morgan fingerprint density at radius 2 is 1.51 bits per heavy atom. The van der Waals surface area contributed by atoms with Crippen LogP contribution in [-0.4, -0.2) is 54.2 Å². The minimum Gasteiger partial charge on any atom is -0.481 e. The lowest BCUT2D eigenvalue weighted by Crippen LogP contribution is -2.50. The highest BCUT2D eigenvalue weighted by atomic mass is 16.5. The lowest BCUT2D eigenvalue weighted by Gasteiger charge is -2.36. The summed E-state index contributed by atoms with van der Waals surface area (Å²) in [6.07, 6.45) is 1.13. The van der Waals surface area contributed by atoms with Gasteiger partial charge in [-0.1, -0.05) is 69.3 Å². The van der Waals surface area contributed by atoms with E-state index in [0.717, 1.165) is 28.7 Å². The van der Waals surface area contributed by atoms with Crippen LogP contribution >= 0.6 is 0 Å². The molecule has 2 aromatic carbocycles. The van der Waals surface area contributed by atoms with E-state index in [9.17, 15) is 14.4 Å². The van der Waals surface area contributed by atoms with Crippen molar-refractivity contribution in [2.45, 2.75) is 52.4 Å². The number of amides is 2. The van der Waals surface area contributed by atoms with Crippen LogP contribution in [0.2, 0.25) is 0 Å². The molecular weight excluding hydrogens is 444 g/mol. The zero-order chi connectivity index (χ0) is 25.4. The molecule has 3 rings (SSSR count). The summed E-state index contributed by atoms with van der Waals surface area (Å²) >= 11 is 0. The number of benzene rings is 2. The third-order valence-electron chi connectivity index (χ3n) is 7.10. The molecule has 1 aliphatic rings. The van der Waals surface area contributed by atoms with E-state index < -0.39 is 17.5 Å². The largest absolute Gasteiger partial charge is 0.481 e.